The van der Waals surface area contributed by atoms with Crippen LogP contribution < -0.4 is 19.1 Å². The Morgan fingerprint density at radius 3 is 2.91 bits per heavy atom. The first kappa shape index (κ1) is 19.9. The zero-order chi connectivity index (χ0) is 22.1. The maximum atomic E-state index is 12.6. The zero-order valence-corrected chi connectivity index (χ0v) is 17.3. The summed E-state index contributed by atoms with van der Waals surface area (Å²) in [6.45, 7) is 0.401. The van der Waals surface area contributed by atoms with Crippen molar-refractivity contribution in [1.82, 2.24) is 5.16 Å². The molecule has 1 amide bonds. The number of carbonyl (C=O) groups is 2. The number of hydrogen-bond donors (Lipinski definition) is 0. The molecule has 0 radical (unpaired) electrons. The summed E-state index contributed by atoms with van der Waals surface area (Å²) in [7, 11) is 1.56. The van der Waals surface area contributed by atoms with Gasteiger partial charge in [0.25, 0.3) is 0 Å². The number of benzene rings is 2. The van der Waals surface area contributed by atoms with Gasteiger partial charge in [0.15, 0.2) is 17.3 Å². The third-order valence-electron chi connectivity index (χ3n) is 5.40. The largest absolute Gasteiger partial charge is 0.497 e. The van der Waals surface area contributed by atoms with Crippen molar-refractivity contribution in [2.45, 2.75) is 13.0 Å². The summed E-state index contributed by atoms with van der Waals surface area (Å²) >= 11 is 0. The minimum absolute atomic E-state index is 0.0449. The molecule has 3 aromatic rings. The summed E-state index contributed by atoms with van der Waals surface area (Å²) in [5.74, 6) is 1.35. The van der Waals surface area contributed by atoms with E-state index in [9.17, 15) is 9.59 Å². The van der Waals surface area contributed by atoms with Gasteiger partial charge < -0.3 is 28.4 Å². The first-order valence-corrected chi connectivity index (χ1v) is 10.1. The van der Waals surface area contributed by atoms with Crippen molar-refractivity contribution in [3.63, 3.8) is 0 Å². The highest BCUT2D eigenvalue weighted by atomic mass is 16.7. The summed E-state index contributed by atoms with van der Waals surface area (Å²) < 4.78 is 26.7. The summed E-state index contributed by atoms with van der Waals surface area (Å²) in [6.07, 6.45) is 0.0945. The van der Waals surface area contributed by atoms with Crippen LogP contribution >= 0.6 is 0 Å². The fourth-order valence-corrected chi connectivity index (χ4v) is 3.72. The molecule has 1 unspecified atom stereocenters. The van der Waals surface area contributed by atoms with Crippen molar-refractivity contribution >= 4 is 17.6 Å². The van der Waals surface area contributed by atoms with Gasteiger partial charge in [-0.2, -0.15) is 0 Å². The number of amides is 1. The van der Waals surface area contributed by atoms with Gasteiger partial charge in [-0.1, -0.05) is 11.2 Å². The highest BCUT2D eigenvalue weighted by Gasteiger charge is 2.36. The Morgan fingerprint density at radius 2 is 2.03 bits per heavy atom. The van der Waals surface area contributed by atoms with Crippen molar-refractivity contribution in [3.8, 4) is 28.6 Å². The molecule has 2 aromatic carbocycles. The summed E-state index contributed by atoms with van der Waals surface area (Å²) in [6, 6.07) is 14.3. The molecule has 0 N–H and O–H groups in total. The second kappa shape index (κ2) is 8.26. The number of methoxy groups -OCH3 is 1. The summed E-state index contributed by atoms with van der Waals surface area (Å²) in [5.41, 5.74) is 1.93. The van der Waals surface area contributed by atoms with E-state index in [-0.39, 0.29) is 32.3 Å². The fraction of sp³-hybridized carbons (Fsp3) is 0.261. The summed E-state index contributed by atoms with van der Waals surface area (Å²) in [4.78, 5) is 26.6. The van der Waals surface area contributed by atoms with E-state index < -0.39 is 11.9 Å². The molecule has 164 valence electrons. The Bertz CT molecular complexity index is 1170. The van der Waals surface area contributed by atoms with E-state index in [0.29, 0.717) is 34.4 Å². The molecular weight excluding hydrogens is 416 g/mol. The van der Waals surface area contributed by atoms with Crippen LogP contribution in [0.4, 0.5) is 5.69 Å². The molecule has 1 atom stereocenters. The second-order valence-electron chi connectivity index (χ2n) is 7.47. The van der Waals surface area contributed by atoms with Gasteiger partial charge in [0.2, 0.25) is 12.7 Å². The first-order valence-electron chi connectivity index (χ1n) is 10.1. The molecule has 0 spiro atoms. The number of anilines is 1. The Kier molecular flexibility index (Phi) is 5.14. The van der Waals surface area contributed by atoms with Crippen LogP contribution in [0.5, 0.6) is 17.2 Å². The van der Waals surface area contributed by atoms with Crippen LogP contribution in [0.2, 0.25) is 0 Å². The molecule has 5 rings (SSSR count). The SMILES string of the molecule is COc1cccc(N2CC(C(=O)OCc3cc(-c4ccc5c(c4)OCO5)on3)CC2=O)c1. The molecule has 2 aliphatic heterocycles. The van der Waals surface area contributed by atoms with E-state index in [1.165, 1.54) is 0 Å². The third kappa shape index (κ3) is 3.84. The van der Waals surface area contributed by atoms with E-state index in [1.807, 2.05) is 6.07 Å². The number of ether oxygens (including phenoxy) is 4. The monoisotopic (exact) mass is 436 g/mol. The minimum atomic E-state index is -0.547. The van der Waals surface area contributed by atoms with Gasteiger partial charge in [-0.05, 0) is 30.3 Å². The Hall–Kier alpha value is -4.01. The lowest BCUT2D eigenvalue weighted by atomic mass is 10.1. The predicted octanol–water partition coefficient (Wildman–Crippen LogP) is 3.18. The van der Waals surface area contributed by atoms with Crippen LogP contribution in [-0.4, -0.2) is 37.5 Å². The lowest BCUT2D eigenvalue weighted by Crippen LogP contribution is -2.26. The Balaban J connectivity index is 1.20. The van der Waals surface area contributed by atoms with Gasteiger partial charge >= 0.3 is 5.97 Å². The Morgan fingerprint density at radius 1 is 1.16 bits per heavy atom. The quantitative estimate of drug-likeness (QED) is 0.543. The van der Waals surface area contributed by atoms with Crippen LogP contribution in [0, 0.1) is 5.92 Å². The maximum absolute atomic E-state index is 12.6. The maximum Gasteiger partial charge on any atom is 0.311 e. The Labute approximate surface area is 183 Å². The highest BCUT2D eigenvalue weighted by molar-refractivity contribution is 5.99. The first-order chi connectivity index (χ1) is 15.6. The zero-order valence-electron chi connectivity index (χ0n) is 17.3. The van der Waals surface area contributed by atoms with Crippen molar-refractivity contribution < 1.29 is 33.1 Å². The molecule has 0 saturated carbocycles. The molecule has 9 nitrogen and oxygen atoms in total. The molecule has 1 aromatic heterocycles. The van der Waals surface area contributed by atoms with Crippen molar-refractivity contribution in [1.29, 1.82) is 0 Å². The van der Waals surface area contributed by atoms with Crippen LogP contribution in [0.25, 0.3) is 11.3 Å². The molecule has 9 heteroatoms. The van der Waals surface area contributed by atoms with E-state index in [2.05, 4.69) is 5.16 Å². The molecular formula is C23H20N2O7. The number of rotatable bonds is 6. The fourth-order valence-electron chi connectivity index (χ4n) is 3.72. The number of nitrogens with zero attached hydrogens (tertiary/aromatic N) is 2. The van der Waals surface area contributed by atoms with Gasteiger partial charge in [-0.15, -0.1) is 0 Å². The van der Waals surface area contributed by atoms with Gasteiger partial charge in [0.05, 0.1) is 13.0 Å². The molecule has 2 aliphatic rings. The highest BCUT2D eigenvalue weighted by Crippen LogP contribution is 2.36. The number of esters is 1. The number of carbonyl (C=O) groups excluding carboxylic acids is 2. The van der Waals surface area contributed by atoms with Crippen LogP contribution in [0.15, 0.2) is 53.1 Å². The lowest BCUT2D eigenvalue weighted by Gasteiger charge is -2.17. The minimum Gasteiger partial charge on any atom is -0.497 e. The van der Waals surface area contributed by atoms with Crippen molar-refractivity contribution in [2.24, 2.45) is 5.92 Å². The van der Waals surface area contributed by atoms with E-state index in [1.54, 1.807) is 54.5 Å². The second-order valence-corrected chi connectivity index (χ2v) is 7.47. The van der Waals surface area contributed by atoms with Crippen LogP contribution in [0.1, 0.15) is 12.1 Å². The number of fused-ring (bicyclic) bond motifs is 1. The smallest absolute Gasteiger partial charge is 0.311 e. The lowest BCUT2D eigenvalue weighted by molar-refractivity contribution is -0.149. The average molecular weight is 436 g/mol. The molecule has 3 heterocycles. The molecule has 0 aliphatic carbocycles. The normalized spacial score (nSPS) is 17.0. The molecule has 0 bridgehead atoms. The van der Waals surface area contributed by atoms with Gasteiger partial charge in [0, 0.05) is 36.3 Å². The summed E-state index contributed by atoms with van der Waals surface area (Å²) in [5, 5.41) is 3.97. The third-order valence-corrected chi connectivity index (χ3v) is 5.40. The van der Waals surface area contributed by atoms with Crippen LogP contribution in [-0.2, 0) is 20.9 Å². The van der Waals surface area contributed by atoms with Crippen molar-refractivity contribution in [3.05, 3.63) is 54.2 Å². The molecule has 1 fully saturated rings. The van der Waals surface area contributed by atoms with Crippen molar-refractivity contribution in [2.75, 3.05) is 25.3 Å². The van der Waals surface area contributed by atoms with Gasteiger partial charge in [0.1, 0.15) is 18.1 Å². The topological polar surface area (TPSA) is 100 Å². The average Bonchev–Trinajstić information content (AvgIpc) is 3.56. The number of hydrogen-bond acceptors (Lipinski definition) is 8. The number of aromatic nitrogens is 1. The molecule has 1 saturated heterocycles. The predicted molar refractivity (Wildman–Crippen MR) is 111 cm³/mol. The standard InChI is InChI=1S/C23H20N2O7/c1-28-18-4-2-3-17(10-18)25-11-15(8-22(25)26)23(27)29-12-16-9-20(32-24-16)14-5-6-19-21(7-14)31-13-30-19/h2-7,9-10,15H,8,11-13H2,1H3. The van der Waals surface area contributed by atoms with E-state index >= 15 is 0 Å². The van der Waals surface area contributed by atoms with Gasteiger partial charge in [-0.25, -0.2) is 0 Å². The van der Waals surface area contributed by atoms with Gasteiger partial charge in [-0.3, -0.25) is 9.59 Å². The van der Waals surface area contributed by atoms with E-state index in [4.69, 9.17) is 23.5 Å². The van der Waals surface area contributed by atoms with E-state index in [0.717, 1.165) is 5.56 Å². The molecule has 32 heavy (non-hydrogen) atoms. The van der Waals surface area contributed by atoms with Crippen LogP contribution in [0.3, 0.4) is 0 Å².